The highest BCUT2D eigenvalue weighted by Crippen LogP contribution is 2.24. The van der Waals surface area contributed by atoms with Gasteiger partial charge in [0.1, 0.15) is 15.6 Å². The molecule has 0 bridgehead atoms. The van der Waals surface area contributed by atoms with Gasteiger partial charge in [-0.05, 0) is 30.7 Å². The molecule has 110 valence electrons. The van der Waals surface area contributed by atoms with Crippen LogP contribution in [0.1, 0.15) is 25.0 Å². The molecule has 0 spiro atoms. The minimum atomic E-state index is -3.63. The topological polar surface area (TPSA) is 85.1 Å². The lowest BCUT2D eigenvalue weighted by Gasteiger charge is -2.21. The van der Waals surface area contributed by atoms with E-state index in [1.807, 2.05) is 11.8 Å². The number of nitrogens with zero attached hydrogens (tertiary/aromatic N) is 1. The first kappa shape index (κ1) is 15.7. The van der Waals surface area contributed by atoms with Crippen LogP contribution in [0.15, 0.2) is 23.2 Å². The van der Waals surface area contributed by atoms with Crippen molar-refractivity contribution in [1.29, 1.82) is 0 Å². The quantitative estimate of drug-likeness (QED) is 0.791. The Hall–Kier alpha value is -0.700. The number of aromatic nitrogens is 1. The van der Waals surface area contributed by atoms with Crippen LogP contribution in [0, 0.1) is 0 Å². The molecule has 1 atom stereocenters. The van der Waals surface area contributed by atoms with Crippen LogP contribution >= 0.6 is 24.0 Å². The predicted molar refractivity (Wildman–Crippen MR) is 85.4 cm³/mol. The van der Waals surface area contributed by atoms with E-state index in [-0.39, 0.29) is 15.6 Å². The molecule has 1 aromatic rings. The second kappa shape index (κ2) is 6.84. The van der Waals surface area contributed by atoms with E-state index >= 15 is 0 Å². The fraction of sp³-hybridized carbons (Fsp3) is 0.500. The van der Waals surface area contributed by atoms with Gasteiger partial charge in [0.15, 0.2) is 0 Å². The molecule has 3 N–H and O–H groups in total. The molecule has 1 fully saturated rings. The molecule has 1 aromatic heterocycles. The van der Waals surface area contributed by atoms with E-state index in [4.69, 9.17) is 18.0 Å². The van der Waals surface area contributed by atoms with Gasteiger partial charge >= 0.3 is 0 Å². The lowest BCUT2D eigenvalue weighted by Crippen LogP contribution is -2.33. The number of sulfonamides is 1. The zero-order valence-corrected chi connectivity index (χ0v) is 13.4. The number of nitrogens with two attached hydrogens (primary N) is 1. The van der Waals surface area contributed by atoms with E-state index in [1.165, 1.54) is 18.7 Å². The van der Waals surface area contributed by atoms with Crippen molar-refractivity contribution in [1.82, 2.24) is 9.71 Å². The van der Waals surface area contributed by atoms with E-state index < -0.39 is 10.0 Å². The Kier molecular flexibility index (Phi) is 5.36. The summed E-state index contributed by atoms with van der Waals surface area (Å²) in [5, 5.41) is 0.337. The molecule has 1 unspecified atom stereocenters. The molecule has 8 heteroatoms. The molecular weight excluding hydrogens is 314 g/mol. The van der Waals surface area contributed by atoms with E-state index in [0.29, 0.717) is 11.8 Å². The summed E-state index contributed by atoms with van der Waals surface area (Å²) in [6, 6.07) is 3.03. The van der Waals surface area contributed by atoms with Crippen molar-refractivity contribution >= 4 is 39.0 Å². The van der Waals surface area contributed by atoms with E-state index in [2.05, 4.69) is 9.71 Å². The van der Waals surface area contributed by atoms with Gasteiger partial charge in [-0.15, -0.1) is 0 Å². The Labute approximate surface area is 128 Å². The number of nitrogens with one attached hydrogen (secondary N) is 1. The molecule has 20 heavy (non-hydrogen) atoms. The van der Waals surface area contributed by atoms with Crippen LogP contribution < -0.4 is 10.5 Å². The first-order valence-corrected chi connectivity index (χ1v) is 9.31. The maximum atomic E-state index is 12.3. The van der Waals surface area contributed by atoms with Crippen LogP contribution in [-0.2, 0) is 10.0 Å². The van der Waals surface area contributed by atoms with Gasteiger partial charge in [-0.2, -0.15) is 11.8 Å². The van der Waals surface area contributed by atoms with Crippen molar-refractivity contribution < 1.29 is 8.42 Å². The maximum absolute atomic E-state index is 12.3. The molecule has 5 nitrogen and oxygen atoms in total. The van der Waals surface area contributed by atoms with E-state index in [1.54, 1.807) is 6.07 Å². The molecular formula is C12H17N3O2S3. The van der Waals surface area contributed by atoms with Gasteiger partial charge in [0.25, 0.3) is 0 Å². The Balaban J connectivity index is 2.12. The van der Waals surface area contributed by atoms with Gasteiger partial charge < -0.3 is 5.73 Å². The number of hydrogen-bond acceptors (Lipinski definition) is 5. The third-order valence-electron chi connectivity index (χ3n) is 3.07. The fourth-order valence-corrected chi connectivity index (χ4v) is 4.86. The predicted octanol–water partition coefficient (Wildman–Crippen LogP) is 1.28. The zero-order valence-electron chi connectivity index (χ0n) is 10.9. The Bertz CT molecular complexity index is 583. The molecule has 2 heterocycles. The van der Waals surface area contributed by atoms with Crippen molar-refractivity contribution in [3.05, 3.63) is 24.0 Å². The number of hydrogen-bond donors (Lipinski definition) is 2. The van der Waals surface area contributed by atoms with Crippen LogP contribution in [0.5, 0.6) is 0 Å². The summed E-state index contributed by atoms with van der Waals surface area (Å²) in [6.45, 7) is 0.429. The monoisotopic (exact) mass is 331 g/mol. The first-order chi connectivity index (χ1) is 9.50. The average molecular weight is 331 g/mol. The van der Waals surface area contributed by atoms with Gasteiger partial charge in [-0.3, -0.25) is 4.98 Å². The van der Waals surface area contributed by atoms with Crippen LogP contribution in [0.25, 0.3) is 0 Å². The molecule has 1 aliphatic heterocycles. The van der Waals surface area contributed by atoms with Crippen molar-refractivity contribution in [2.45, 2.75) is 29.4 Å². The lowest BCUT2D eigenvalue weighted by atomic mass is 10.2. The highest BCUT2D eigenvalue weighted by molar-refractivity contribution is 8.00. The molecule has 1 aliphatic rings. The second-order valence-electron chi connectivity index (χ2n) is 4.55. The number of thioether (sulfide) groups is 1. The molecule has 0 aliphatic carbocycles. The largest absolute Gasteiger partial charge is 0.388 e. The molecule has 1 saturated heterocycles. The summed E-state index contributed by atoms with van der Waals surface area (Å²) in [5.41, 5.74) is 5.67. The van der Waals surface area contributed by atoms with Gasteiger partial charge in [0.2, 0.25) is 10.0 Å². The minimum Gasteiger partial charge on any atom is -0.388 e. The molecule has 0 amide bonds. The average Bonchev–Trinajstić information content (AvgIpc) is 2.46. The normalized spacial score (nSPS) is 19.7. The number of thiocarbonyl (C=S) groups is 1. The van der Waals surface area contributed by atoms with Gasteiger partial charge in [-0.25, -0.2) is 13.1 Å². The van der Waals surface area contributed by atoms with Crippen molar-refractivity contribution in [3.63, 3.8) is 0 Å². The lowest BCUT2D eigenvalue weighted by molar-refractivity contribution is 0.573. The third-order valence-corrected chi connectivity index (χ3v) is 6.12. The Morgan fingerprint density at radius 3 is 3.00 bits per heavy atom. The minimum absolute atomic E-state index is 0.0157. The Morgan fingerprint density at radius 1 is 1.55 bits per heavy atom. The van der Waals surface area contributed by atoms with Crippen molar-refractivity contribution in [2.24, 2.45) is 5.73 Å². The highest BCUT2D eigenvalue weighted by Gasteiger charge is 2.22. The molecule has 2 rings (SSSR count). The fourth-order valence-electron chi connectivity index (χ4n) is 2.04. The smallest absolute Gasteiger partial charge is 0.242 e. The second-order valence-corrected chi connectivity index (χ2v) is 8.14. The summed E-state index contributed by atoms with van der Waals surface area (Å²) in [4.78, 5) is 3.98. The maximum Gasteiger partial charge on any atom is 0.242 e. The number of pyridine rings is 1. The van der Waals surface area contributed by atoms with E-state index in [0.717, 1.165) is 18.6 Å². The zero-order chi connectivity index (χ0) is 14.6. The van der Waals surface area contributed by atoms with Crippen molar-refractivity contribution in [2.75, 3.05) is 12.3 Å². The summed E-state index contributed by atoms with van der Waals surface area (Å²) in [6.07, 6.45) is 4.89. The molecule has 0 radical (unpaired) electrons. The van der Waals surface area contributed by atoms with Crippen LogP contribution in [-0.4, -0.2) is 35.9 Å². The van der Waals surface area contributed by atoms with Crippen LogP contribution in [0.3, 0.4) is 0 Å². The van der Waals surface area contributed by atoms with Gasteiger partial charge in [0.05, 0.1) is 0 Å². The van der Waals surface area contributed by atoms with E-state index in [9.17, 15) is 8.42 Å². The molecule has 0 aromatic carbocycles. The Morgan fingerprint density at radius 2 is 2.35 bits per heavy atom. The van der Waals surface area contributed by atoms with Crippen LogP contribution in [0.2, 0.25) is 0 Å². The first-order valence-electron chi connectivity index (χ1n) is 6.37. The summed E-state index contributed by atoms with van der Waals surface area (Å²) < 4.78 is 27.3. The SMILES string of the molecule is NC(=S)c1ncccc1S(=O)(=O)NCC1CCCCS1. The van der Waals surface area contributed by atoms with Crippen LogP contribution in [0.4, 0.5) is 0 Å². The summed E-state index contributed by atoms with van der Waals surface area (Å²) in [7, 11) is -3.63. The van der Waals surface area contributed by atoms with Gasteiger partial charge in [-0.1, -0.05) is 18.6 Å². The number of rotatable bonds is 5. The summed E-state index contributed by atoms with van der Waals surface area (Å²) >= 11 is 6.66. The highest BCUT2D eigenvalue weighted by atomic mass is 32.2. The van der Waals surface area contributed by atoms with Crippen molar-refractivity contribution in [3.8, 4) is 0 Å². The summed E-state index contributed by atoms with van der Waals surface area (Å²) in [5.74, 6) is 1.09. The standard InChI is InChI=1S/C12H17N3O2S3/c13-12(18)11-10(5-3-6-14-11)20(16,17)15-8-9-4-1-2-7-19-9/h3,5-6,9,15H,1-2,4,7-8H2,(H2,13,18). The third kappa shape index (κ3) is 3.91. The molecule has 0 saturated carbocycles. The van der Waals surface area contributed by atoms with Gasteiger partial charge in [0, 0.05) is 18.0 Å².